The van der Waals surface area contributed by atoms with Gasteiger partial charge in [0.25, 0.3) is 0 Å². The van der Waals surface area contributed by atoms with Gasteiger partial charge in [-0.25, -0.2) is 0 Å². The molecule has 4 unspecified atom stereocenters. The lowest BCUT2D eigenvalue weighted by Gasteiger charge is -2.37. The summed E-state index contributed by atoms with van der Waals surface area (Å²) in [5, 5.41) is 10.0. The van der Waals surface area contributed by atoms with Crippen molar-refractivity contribution in [2.75, 3.05) is 13.2 Å². The van der Waals surface area contributed by atoms with Crippen molar-refractivity contribution in [1.29, 1.82) is 0 Å². The van der Waals surface area contributed by atoms with Gasteiger partial charge in [-0.1, -0.05) is 19.1 Å². The summed E-state index contributed by atoms with van der Waals surface area (Å²) in [7, 11) is 0. The van der Waals surface area contributed by atoms with Crippen LogP contribution in [0.2, 0.25) is 0 Å². The Morgan fingerprint density at radius 1 is 1.06 bits per heavy atom. The molecule has 0 radical (unpaired) electrons. The third-order valence-corrected chi connectivity index (χ3v) is 7.19. The average Bonchev–Trinajstić information content (AvgIpc) is 3.30. The van der Waals surface area contributed by atoms with Crippen molar-refractivity contribution in [3.63, 3.8) is 0 Å². The van der Waals surface area contributed by atoms with E-state index in [2.05, 4.69) is 30.9 Å². The lowest BCUT2D eigenvalue weighted by Crippen LogP contribution is -2.44. The van der Waals surface area contributed by atoms with Crippen LogP contribution < -0.4 is 0 Å². The molecule has 4 aliphatic rings. The Bertz CT molecular complexity index is 663. The summed E-state index contributed by atoms with van der Waals surface area (Å²) >= 11 is 0. The fourth-order valence-electron chi connectivity index (χ4n) is 5.45. The van der Waals surface area contributed by atoms with Gasteiger partial charge in [-0.2, -0.15) is 0 Å². The van der Waals surface area contributed by atoms with Gasteiger partial charge in [0, 0.05) is 38.4 Å². The van der Waals surface area contributed by atoms with Crippen molar-refractivity contribution in [3.05, 3.63) is 12.2 Å². The van der Waals surface area contributed by atoms with E-state index in [4.69, 9.17) is 23.7 Å². The normalized spacial score (nSPS) is 40.7. The van der Waals surface area contributed by atoms with Gasteiger partial charge in [-0.3, -0.25) is 0 Å². The molecule has 4 rings (SSSR count). The van der Waals surface area contributed by atoms with Gasteiger partial charge in [-0.05, 0) is 57.3 Å². The molecule has 3 saturated heterocycles. The Balaban J connectivity index is 1.38. The molecular weight excluding hydrogens is 408 g/mol. The van der Waals surface area contributed by atoms with E-state index in [1.54, 1.807) is 0 Å². The molecule has 6 nitrogen and oxygen atoms in total. The molecule has 6 heteroatoms. The fraction of sp³-hybridized carbons (Fsp3) is 0.846. The Morgan fingerprint density at radius 3 is 2.75 bits per heavy atom. The van der Waals surface area contributed by atoms with Gasteiger partial charge < -0.3 is 28.8 Å². The third kappa shape index (κ3) is 6.34. The van der Waals surface area contributed by atoms with E-state index in [1.165, 1.54) is 0 Å². The predicted octanol–water partition coefficient (Wildman–Crippen LogP) is 4.16. The second-order valence-corrected chi connectivity index (χ2v) is 9.77. The van der Waals surface area contributed by atoms with Crippen LogP contribution in [0.1, 0.15) is 71.6 Å². The molecule has 1 saturated carbocycles. The van der Waals surface area contributed by atoms with E-state index in [0.29, 0.717) is 18.9 Å². The topological polar surface area (TPSA) is 66.4 Å². The molecule has 32 heavy (non-hydrogen) atoms. The number of ether oxygens (including phenoxy) is 5. The van der Waals surface area contributed by atoms with E-state index >= 15 is 0 Å². The molecule has 1 aliphatic carbocycles. The molecule has 0 aromatic rings. The van der Waals surface area contributed by atoms with E-state index in [0.717, 1.165) is 58.0 Å². The number of hydrogen-bond acceptors (Lipinski definition) is 6. The van der Waals surface area contributed by atoms with Crippen molar-refractivity contribution < 1.29 is 28.8 Å². The van der Waals surface area contributed by atoms with Gasteiger partial charge in [0.05, 0.1) is 12.2 Å². The number of rotatable bonds is 8. The van der Waals surface area contributed by atoms with Crippen LogP contribution in [0.5, 0.6) is 0 Å². The SMILES string of the molecule is CC#CCC(C)C/C=C/[C@@H]1[C@H]2CC(O)O[C@H]2C[C@H]1OC1OCCC[C@@H]1OC1CCCCO1. The molecule has 3 aliphatic heterocycles. The standard InChI is InChI=1S/C26H40O6/c1-3-4-9-18(2)10-7-11-19-20-16-24(27)30-23(20)17-22(19)32-26-21(12-8-15-29-26)31-25-13-5-6-14-28-25/h7,11,18-27H,5-6,8-10,12-17H2,1-2H3/b11-7+/t18?,19-,20-,21+,22-,23+,24?,25?,26?/m1/s1. The van der Waals surface area contributed by atoms with Crippen molar-refractivity contribution in [1.82, 2.24) is 0 Å². The summed E-state index contributed by atoms with van der Waals surface area (Å²) in [5.41, 5.74) is 0. The summed E-state index contributed by atoms with van der Waals surface area (Å²) in [5.74, 6) is 7.16. The van der Waals surface area contributed by atoms with E-state index < -0.39 is 6.29 Å². The fourth-order valence-corrected chi connectivity index (χ4v) is 5.45. The lowest BCUT2D eigenvalue weighted by molar-refractivity contribution is -0.289. The van der Waals surface area contributed by atoms with Crippen LogP contribution in [-0.4, -0.2) is 55.5 Å². The van der Waals surface area contributed by atoms with E-state index in [-0.39, 0.29) is 42.7 Å². The van der Waals surface area contributed by atoms with Crippen LogP contribution in [-0.2, 0) is 23.7 Å². The van der Waals surface area contributed by atoms with Crippen molar-refractivity contribution in [3.8, 4) is 11.8 Å². The van der Waals surface area contributed by atoms with Crippen LogP contribution in [0.3, 0.4) is 0 Å². The van der Waals surface area contributed by atoms with Crippen molar-refractivity contribution >= 4 is 0 Å². The molecule has 0 bridgehead atoms. The number of fused-ring (bicyclic) bond motifs is 1. The highest BCUT2D eigenvalue weighted by Gasteiger charge is 2.50. The first kappa shape index (κ1) is 24.2. The van der Waals surface area contributed by atoms with E-state index in [9.17, 15) is 5.11 Å². The second kappa shape index (κ2) is 12.0. The first-order chi connectivity index (χ1) is 15.6. The Labute approximate surface area is 193 Å². The molecule has 3 heterocycles. The smallest absolute Gasteiger partial charge is 0.184 e. The maximum Gasteiger partial charge on any atom is 0.184 e. The zero-order valence-electron chi connectivity index (χ0n) is 19.6. The molecule has 1 N–H and O–H groups in total. The number of allylic oxidation sites excluding steroid dienone is 1. The monoisotopic (exact) mass is 448 g/mol. The third-order valence-electron chi connectivity index (χ3n) is 7.19. The zero-order valence-corrected chi connectivity index (χ0v) is 19.6. The Morgan fingerprint density at radius 2 is 1.94 bits per heavy atom. The largest absolute Gasteiger partial charge is 0.368 e. The average molecular weight is 449 g/mol. The maximum absolute atomic E-state index is 10.0. The van der Waals surface area contributed by atoms with Crippen LogP contribution >= 0.6 is 0 Å². The minimum atomic E-state index is -0.661. The molecule has 0 aromatic carbocycles. The van der Waals surface area contributed by atoms with Crippen LogP contribution in [0.4, 0.5) is 0 Å². The highest BCUT2D eigenvalue weighted by atomic mass is 16.7. The summed E-state index contributed by atoms with van der Waals surface area (Å²) < 4.78 is 30.5. The molecule has 0 aromatic heterocycles. The summed E-state index contributed by atoms with van der Waals surface area (Å²) in [6, 6.07) is 0. The highest BCUT2D eigenvalue weighted by molar-refractivity contribution is 5.06. The lowest BCUT2D eigenvalue weighted by atomic mass is 9.90. The Kier molecular flexibility index (Phi) is 9.05. The van der Waals surface area contributed by atoms with Crippen LogP contribution in [0, 0.1) is 29.6 Å². The summed E-state index contributed by atoms with van der Waals surface area (Å²) in [6.45, 7) is 5.58. The van der Waals surface area contributed by atoms with Gasteiger partial charge in [-0.15, -0.1) is 11.8 Å². The van der Waals surface area contributed by atoms with Gasteiger partial charge in [0.1, 0.15) is 6.10 Å². The highest BCUT2D eigenvalue weighted by Crippen LogP contribution is 2.45. The first-order valence-electron chi connectivity index (χ1n) is 12.6. The summed E-state index contributed by atoms with van der Waals surface area (Å²) in [4.78, 5) is 0. The molecule has 9 atom stereocenters. The van der Waals surface area contributed by atoms with E-state index in [1.807, 2.05) is 6.92 Å². The quantitative estimate of drug-likeness (QED) is 0.444. The second-order valence-electron chi connectivity index (χ2n) is 9.77. The molecule has 180 valence electrons. The van der Waals surface area contributed by atoms with Gasteiger partial charge in [0.2, 0.25) is 0 Å². The summed E-state index contributed by atoms with van der Waals surface area (Å²) in [6.07, 6.45) is 11.7. The number of aliphatic hydroxyl groups is 1. The minimum absolute atomic E-state index is 0.000892. The van der Waals surface area contributed by atoms with Gasteiger partial charge in [0.15, 0.2) is 18.9 Å². The van der Waals surface area contributed by atoms with Crippen LogP contribution in [0.15, 0.2) is 12.2 Å². The minimum Gasteiger partial charge on any atom is -0.368 e. The maximum atomic E-state index is 10.0. The van der Waals surface area contributed by atoms with Gasteiger partial charge >= 0.3 is 0 Å². The first-order valence-corrected chi connectivity index (χ1v) is 12.6. The number of aliphatic hydroxyl groups excluding tert-OH is 1. The molecule has 0 spiro atoms. The zero-order chi connectivity index (χ0) is 22.3. The molecule has 0 amide bonds. The van der Waals surface area contributed by atoms with Crippen LogP contribution in [0.25, 0.3) is 0 Å². The van der Waals surface area contributed by atoms with Crippen molar-refractivity contribution in [2.24, 2.45) is 17.8 Å². The van der Waals surface area contributed by atoms with Crippen molar-refractivity contribution in [2.45, 2.75) is 109 Å². The molecule has 4 fully saturated rings. The Hall–Kier alpha value is -0.940. The number of hydrogen-bond donors (Lipinski definition) is 1. The molecular formula is C26H40O6. The predicted molar refractivity (Wildman–Crippen MR) is 120 cm³/mol.